The van der Waals surface area contributed by atoms with Crippen molar-refractivity contribution in [2.45, 2.75) is 6.92 Å². The highest BCUT2D eigenvalue weighted by atomic mass is 35.5. The second-order valence-corrected chi connectivity index (χ2v) is 5.26. The van der Waals surface area contributed by atoms with Crippen LogP contribution in [0, 0.1) is 6.92 Å². The zero-order chi connectivity index (χ0) is 13.5. The number of carbonyl (C=O) groups is 2. The van der Waals surface area contributed by atoms with Gasteiger partial charge in [-0.1, -0.05) is 11.6 Å². The van der Waals surface area contributed by atoms with Gasteiger partial charge in [0.25, 0.3) is 5.91 Å². The van der Waals surface area contributed by atoms with E-state index in [-0.39, 0.29) is 11.7 Å². The van der Waals surface area contributed by atoms with Crippen LogP contribution in [-0.2, 0) is 4.79 Å². The number of aliphatic carboxylic acids is 1. The number of aryl methyl sites for hydroxylation is 1. The third-order valence-corrected chi connectivity index (χ3v) is 3.22. The van der Waals surface area contributed by atoms with Gasteiger partial charge in [-0.25, -0.2) is 0 Å². The normalized spacial score (nSPS) is 10.1. The van der Waals surface area contributed by atoms with Crippen LogP contribution in [0.4, 0.5) is 0 Å². The Balaban J connectivity index is 2.38. The molecule has 0 aliphatic heterocycles. The summed E-state index contributed by atoms with van der Waals surface area (Å²) in [4.78, 5) is 22.0. The Hall–Kier alpha value is -1.20. The minimum atomic E-state index is -0.850. The van der Waals surface area contributed by atoms with E-state index in [0.717, 1.165) is 5.56 Å². The zero-order valence-corrected chi connectivity index (χ0v) is 11.5. The van der Waals surface area contributed by atoms with Crippen molar-refractivity contribution in [3.63, 3.8) is 0 Å². The molecule has 6 heteroatoms. The van der Waals surface area contributed by atoms with Gasteiger partial charge in [0.1, 0.15) is 0 Å². The van der Waals surface area contributed by atoms with Crippen molar-refractivity contribution in [2.75, 3.05) is 18.1 Å². The molecule has 0 atom stereocenters. The summed E-state index contributed by atoms with van der Waals surface area (Å²) in [6.07, 6.45) is 0. The molecule has 0 aromatic heterocycles. The lowest BCUT2D eigenvalue weighted by atomic mass is 10.1. The highest BCUT2D eigenvalue weighted by Gasteiger charge is 2.06. The molecule has 0 aliphatic rings. The number of nitrogens with one attached hydrogen (secondary N) is 1. The molecule has 0 bridgehead atoms. The van der Waals surface area contributed by atoms with Gasteiger partial charge in [-0.2, -0.15) is 0 Å². The predicted octanol–water partition coefficient (Wildman–Crippen LogP) is 2.20. The highest BCUT2D eigenvalue weighted by molar-refractivity contribution is 7.99. The first kappa shape index (κ1) is 14.9. The standard InChI is InChI=1S/C12H14ClNO3S/c1-8-4-9(6-10(13)5-8)12(17)14-2-3-18-7-11(15)16/h4-6H,2-3,7H2,1H3,(H,14,17)(H,15,16). The summed E-state index contributed by atoms with van der Waals surface area (Å²) >= 11 is 7.13. The van der Waals surface area contributed by atoms with E-state index in [2.05, 4.69) is 5.32 Å². The Labute approximate surface area is 115 Å². The number of halogens is 1. The monoisotopic (exact) mass is 287 g/mol. The molecule has 0 fully saturated rings. The van der Waals surface area contributed by atoms with Crippen LogP contribution in [0.1, 0.15) is 15.9 Å². The van der Waals surface area contributed by atoms with Crippen LogP contribution in [0.2, 0.25) is 5.02 Å². The number of carboxylic acid groups (broad SMARTS) is 1. The summed E-state index contributed by atoms with van der Waals surface area (Å²) in [5.74, 6) is -0.433. The van der Waals surface area contributed by atoms with Gasteiger partial charge < -0.3 is 10.4 Å². The minimum Gasteiger partial charge on any atom is -0.481 e. The number of carboxylic acids is 1. The predicted molar refractivity (Wildman–Crippen MR) is 73.5 cm³/mol. The van der Waals surface area contributed by atoms with Gasteiger partial charge in [0.2, 0.25) is 0 Å². The second-order valence-electron chi connectivity index (χ2n) is 3.72. The Kier molecular flexibility index (Phi) is 6.01. The number of amides is 1. The van der Waals surface area contributed by atoms with Crippen LogP contribution in [0.15, 0.2) is 18.2 Å². The first-order valence-corrected chi connectivity index (χ1v) is 6.87. The molecule has 0 aliphatic carbocycles. The lowest BCUT2D eigenvalue weighted by molar-refractivity contribution is -0.133. The molecule has 18 heavy (non-hydrogen) atoms. The largest absolute Gasteiger partial charge is 0.481 e. The molecule has 1 rings (SSSR count). The Morgan fingerprint density at radius 2 is 2.11 bits per heavy atom. The Morgan fingerprint density at radius 3 is 2.72 bits per heavy atom. The highest BCUT2D eigenvalue weighted by Crippen LogP contribution is 2.14. The Bertz CT molecular complexity index is 431. The fourth-order valence-electron chi connectivity index (χ4n) is 1.37. The fourth-order valence-corrected chi connectivity index (χ4v) is 2.22. The number of carbonyl (C=O) groups excluding carboxylic acids is 1. The van der Waals surface area contributed by atoms with Gasteiger partial charge in [-0.05, 0) is 30.7 Å². The van der Waals surface area contributed by atoms with E-state index >= 15 is 0 Å². The number of thioether (sulfide) groups is 1. The minimum absolute atomic E-state index is 0.0478. The number of rotatable bonds is 6. The molecular weight excluding hydrogens is 274 g/mol. The summed E-state index contributed by atoms with van der Waals surface area (Å²) in [6, 6.07) is 5.14. The average molecular weight is 288 g/mol. The Morgan fingerprint density at radius 1 is 1.39 bits per heavy atom. The summed E-state index contributed by atoms with van der Waals surface area (Å²) in [5, 5.41) is 11.7. The summed E-state index contributed by atoms with van der Waals surface area (Å²) in [7, 11) is 0. The molecule has 0 unspecified atom stereocenters. The van der Waals surface area contributed by atoms with Crippen LogP contribution in [0.3, 0.4) is 0 Å². The van der Waals surface area contributed by atoms with Crippen molar-refractivity contribution < 1.29 is 14.7 Å². The van der Waals surface area contributed by atoms with Crippen molar-refractivity contribution >= 4 is 35.2 Å². The smallest absolute Gasteiger partial charge is 0.313 e. The number of benzene rings is 1. The second kappa shape index (κ2) is 7.28. The zero-order valence-electron chi connectivity index (χ0n) is 9.90. The van der Waals surface area contributed by atoms with Crippen molar-refractivity contribution in [1.29, 1.82) is 0 Å². The van der Waals surface area contributed by atoms with Gasteiger partial charge in [-0.15, -0.1) is 11.8 Å². The topological polar surface area (TPSA) is 66.4 Å². The molecule has 98 valence electrons. The molecule has 0 saturated heterocycles. The van der Waals surface area contributed by atoms with Crippen molar-refractivity contribution in [2.24, 2.45) is 0 Å². The molecule has 4 nitrogen and oxygen atoms in total. The van der Waals surface area contributed by atoms with E-state index in [4.69, 9.17) is 16.7 Å². The van der Waals surface area contributed by atoms with E-state index in [0.29, 0.717) is 22.9 Å². The number of hydrogen-bond donors (Lipinski definition) is 2. The van der Waals surface area contributed by atoms with Crippen LogP contribution in [0.5, 0.6) is 0 Å². The SMILES string of the molecule is Cc1cc(Cl)cc(C(=O)NCCSCC(=O)O)c1. The molecule has 1 aromatic rings. The van der Waals surface area contributed by atoms with Crippen LogP contribution >= 0.6 is 23.4 Å². The van der Waals surface area contributed by atoms with E-state index in [1.165, 1.54) is 11.8 Å². The van der Waals surface area contributed by atoms with Gasteiger partial charge in [0.15, 0.2) is 0 Å². The summed E-state index contributed by atoms with van der Waals surface area (Å²) < 4.78 is 0. The maximum absolute atomic E-state index is 11.8. The van der Waals surface area contributed by atoms with E-state index in [1.54, 1.807) is 18.2 Å². The van der Waals surface area contributed by atoms with Crippen molar-refractivity contribution in [1.82, 2.24) is 5.32 Å². The van der Waals surface area contributed by atoms with E-state index in [1.807, 2.05) is 6.92 Å². The fraction of sp³-hybridized carbons (Fsp3) is 0.333. The lowest BCUT2D eigenvalue weighted by Crippen LogP contribution is -2.26. The van der Waals surface area contributed by atoms with Crippen LogP contribution < -0.4 is 5.32 Å². The summed E-state index contributed by atoms with van der Waals surface area (Å²) in [5.41, 5.74) is 1.44. The average Bonchev–Trinajstić information content (AvgIpc) is 2.26. The van der Waals surface area contributed by atoms with Gasteiger partial charge >= 0.3 is 5.97 Å². The van der Waals surface area contributed by atoms with E-state index in [9.17, 15) is 9.59 Å². The van der Waals surface area contributed by atoms with Gasteiger partial charge in [0, 0.05) is 22.9 Å². The molecule has 0 spiro atoms. The molecule has 0 saturated carbocycles. The van der Waals surface area contributed by atoms with Crippen molar-refractivity contribution in [3.8, 4) is 0 Å². The first-order chi connectivity index (χ1) is 8.49. The number of hydrogen-bond acceptors (Lipinski definition) is 3. The third-order valence-electron chi connectivity index (χ3n) is 2.06. The summed E-state index contributed by atoms with van der Waals surface area (Å²) in [6.45, 7) is 2.30. The van der Waals surface area contributed by atoms with E-state index < -0.39 is 5.97 Å². The quantitative estimate of drug-likeness (QED) is 0.787. The molecule has 1 amide bonds. The molecule has 0 heterocycles. The molecular formula is C12H14ClNO3S. The molecule has 2 N–H and O–H groups in total. The first-order valence-electron chi connectivity index (χ1n) is 5.34. The lowest BCUT2D eigenvalue weighted by Gasteiger charge is -2.06. The van der Waals surface area contributed by atoms with Crippen LogP contribution in [-0.4, -0.2) is 35.0 Å². The van der Waals surface area contributed by atoms with Crippen LogP contribution in [0.25, 0.3) is 0 Å². The van der Waals surface area contributed by atoms with Gasteiger partial charge in [-0.3, -0.25) is 9.59 Å². The molecule has 1 aromatic carbocycles. The maximum atomic E-state index is 11.8. The third kappa shape index (κ3) is 5.42. The maximum Gasteiger partial charge on any atom is 0.313 e. The van der Waals surface area contributed by atoms with Gasteiger partial charge in [0.05, 0.1) is 5.75 Å². The molecule has 0 radical (unpaired) electrons. The van der Waals surface area contributed by atoms with Crippen molar-refractivity contribution in [3.05, 3.63) is 34.3 Å².